The van der Waals surface area contributed by atoms with Crippen molar-refractivity contribution in [3.8, 4) is 0 Å². The highest BCUT2D eigenvalue weighted by Gasteiger charge is 2.31. The van der Waals surface area contributed by atoms with Crippen LogP contribution in [0.2, 0.25) is 0 Å². The number of nitrogens with one attached hydrogen (secondary N) is 1. The summed E-state index contributed by atoms with van der Waals surface area (Å²) in [5.74, 6) is -1.52. The summed E-state index contributed by atoms with van der Waals surface area (Å²) in [6.45, 7) is 2.07. The molecule has 1 saturated heterocycles. The number of halogens is 2. The second-order valence-electron chi connectivity index (χ2n) is 4.30. The molecule has 0 radical (unpaired) electrons. The molecule has 0 aromatic heterocycles. The van der Waals surface area contributed by atoms with Crippen LogP contribution in [0.3, 0.4) is 0 Å². The van der Waals surface area contributed by atoms with Gasteiger partial charge in [0.05, 0.1) is 6.61 Å². The third-order valence-electron chi connectivity index (χ3n) is 3.00. The lowest BCUT2D eigenvalue weighted by molar-refractivity contribution is -0.145. The second kappa shape index (κ2) is 5.44. The van der Waals surface area contributed by atoms with Crippen LogP contribution in [0.5, 0.6) is 0 Å². The molecule has 1 aromatic rings. The van der Waals surface area contributed by atoms with E-state index in [-0.39, 0.29) is 18.1 Å². The molecule has 0 unspecified atom stereocenters. The molecule has 0 spiro atoms. The Morgan fingerprint density at radius 3 is 2.61 bits per heavy atom. The van der Waals surface area contributed by atoms with Gasteiger partial charge in [-0.15, -0.1) is 0 Å². The van der Waals surface area contributed by atoms with Crippen LogP contribution < -0.4 is 5.32 Å². The first-order valence-corrected chi connectivity index (χ1v) is 5.99. The average molecular weight is 255 g/mol. The van der Waals surface area contributed by atoms with Crippen molar-refractivity contribution in [2.45, 2.75) is 31.8 Å². The summed E-state index contributed by atoms with van der Waals surface area (Å²) in [5.41, 5.74) is 0.527. The van der Waals surface area contributed by atoms with Gasteiger partial charge in [-0.05, 0) is 37.5 Å². The van der Waals surface area contributed by atoms with Crippen molar-refractivity contribution in [1.82, 2.24) is 5.32 Å². The molecule has 1 aliphatic heterocycles. The molecule has 1 heterocycles. The maximum Gasteiger partial charge on any atom is 0.323 e. The topological polar surface area (TPSA) is 38.3 Å². The fourth-order valence-corrected chi connectivity index (χ4v) is 2.21. The molecule has 3 nitrogen and oxygen atoms in total. The average Bonchev–Trinajstić information content (AvgIpc) is 2.77. The van der Waals surface area contributed by atoms with E-state index in [1.165, 1.54) is 12.1 Å². The van der Waals surface area contributed by atoms with Crippen LogP contribution in [0.1, 0.15) is 31.4 Å². The molecule has 1 N–H and O–H groups in total. The van der Waals surface area contributed by atoms with Crippen molar-refractivity contribution < 1.29 is 18.3 Å². The van der Waals surface area contributed by atoms with Gasteiger partial charge in [0.25, 0.3) is 0 Å². The SMILES string of the molecule is CCOC(=O)[C@H]1CC[C@@H](c2cc(F)cc(F)c2)N1. The normalized spacial score (nSPS) is 23.1. The number of benzene rings is 1. The first kappa shape index (κ1) is 13.0. The van der Waals surface area contributed by atoms with Gasteiger partial charge in [0.15, 0.2) is 0 Å². The van der Waals surface area contributed by atoms with E-state index in [1.54, 1.807) is 6.92 Å². The highest BCUT2D eigenvalue weighted by molar-refractivity contribution is 5.76. The van der Waals surface area contributed by atoms with Crippen LogP contribution >= 0.6 is 0 Å². The summed E-state index contributed by atoms with van der Waals surface area (Å²) in [5, 5.41) is 3.04. The Morgan fingerprint density at radius 2 is 2.00 bits per heavy atom. The van der Waals surface area contributed by atoms with E-state index in [0.29, 0.717) is 25.0 Å². The lowest BCUT2D eigenvalue weighted by Crippen LogP contribution is -2.33. The second-order valence-corrected chi connectivity index (χ2v) is 4.30. The largest absolute Gasteiger partial charge is 0.465 e. The summed E-state index contributed by atoms with van der Waals surface area (Å²) in [6, 6.07) is 2.81. The number of hydrogen-bond donors (Lipinski definition) is 1. The van der Waals surface area contributed by atoms with Crippen LogP contribution in [-0.4, -0.2) is 18.6 Å². The molecule has 18 heavy (non-hydrogen) atoms. The monoisotopic (exact) mass is 255 g/mol. The predicted octanol–water partition coefficient (Wildman–Crippen LogP) is 2.32. The number of hydrogen-bond acceptors (Lipinski definition) is 3. The Hall–Kier alpha value is -1.49. The van der Waals surface area contributed by atoms with Gasteiger partial charge >= 0.3 is 5.97 Å². The maximum absolute atomic E-state index is 13.1. The van der Waals surface area contributed by atoms with E-state index in [4.69, 9.17) is 4.74 Å². The lowest BCUT2D eigenvalue weighted by Gasteiger charge is -2.14. The molecule has 0 amide bonds. The minimum Gasteiger partial charge on any atom is -0.465 e. The van der Waals surface area contributed by atoms with Gasteiger partial charge in [-0.1, -0.05) is 0 Å². The zero-order chi connectivity index (χ0) is 13.1. The minimum atomic E-state index is -0.605. The van der Waals surface area contributed by atoms with E-state index in [9.17, 15) is 13.6 Å². The standard InChI is InChI=1S/C13H15F2NO2/c1-2-18-13(17)12-4-3-11(16-12)8-5-9(14)7-10(15)6-8/h5-7,11-12,16H,2-4H2,1H3/t11-,12+/m0/s1. The van der Waals surface area contributed by atoms with E-state index in [0.717, 1.165) is 6.07 Å². The number of rotatable bonds is 3. The molecule has 2 atom stereocenters. The molecule has 0 aliphatic carbocycles. The first-order valence-electron chi connectivity index (χ1n) is 5.99. The minimum absolute atomic E-state index is 0.204. The van der Waals surface area contributed by atoms with Crippen molar-refractivity contribution in [3.63, 3.8) is 0 Å². The molecule has 2 rings (SSSR count). The van der Waals surface area contributed by atoms with Gasteiger partial charge in [-0.25, -0.2) is 8.78 Å². The van der Waals surface area contributed by atoms with Gasteiger partial charge < -0.3 is 4.74 Å². The summed E-state index contributed by atoms with van der Waals surface area (Å²) < 4.78 is 31.1. The summed E-state index contributed by atoms with van der Waals surface area (Å²) in [7, 11) is 0. The van der Waals surface area contributed by atoms with Gasteiger partial charge in [-0.2, -0.15) is 0 Å². The van der Waals surface area contributed by atoms with Crippen LogP contribution in [0.15, 0.2) is 18.2 Å². The fourth-order valence-electron chi connectivity index (χ4n) is 2.21. The summed E-state index contributed by atoms with van der Waals surface area (Å²) in [4.78, 5) is 11.5. The number of carbonyl (C=O) groups is 1. The predicted molar refractivity (Wildman–Crippen MR) is 61.9 cm³/mol. The number of esters is 1. The van der Waals surface area contributed by atoms with E-state index < -0.39 is 11.6 Å². The van der Waals surface area contributed by atoms with Crippen LogP contribution in [0.4, 0.5) is 8.78 Å². The van der Waals surface area contributed by atoms with Crippen LogP contribution in [-0.2, 0) is 9.53 Å². The fraction of sp³-hybridized carbons (Fsp3) is 0.462. The molecule has 0 saturated carbocycles. The van der Waals surface area contributed by atoms with Crippen molar-refractivity contribution >= 4 is 5.97 Å². The van der Waals surface area contributed by atoms with E-state index >= 15 is 0 Å². The Kier molecular flexibility index (Phi) is 3.91. The quantitative estimate of drug-likeness (QED) is 0.842. The molecule has 1 aromatic carbocycles. The number of ether oxygens (including phenoxy) is 1. The molecule has 1 fully saturated rings. The van der Waals surface area contributed by atoms with Crippen LogP contribution in [0.25, 0.3) is 0 Å². The van der Waals surface area contributed by atoms with Crippen molar-refractivity contribution in [2.24, 2.45) is 0 Å². The lowest BCUT2D eigenvalue weighted by atomic mass is 10.1. The Balaban J connectivity index is 2.06. The smallest absolute Gasteiger partial charge is 0.323 e. The zero-order valence-electron chi connectivity index (χ0n) is 10.1. The Labute approximate surface area is 104 Å². The van der Waals surface area contributed by atoms with E-state index in [2.05, 4.69) is 5.32 Å². The molecule has 0 bridgehead atoms. The molecule has 5 heteroatoms. The Morgan fingerprint density at radius 1 is 1.33 bits per heavy atom. The van der Waals surface area contributed by atoms with Gasteiger partial charge in [0.1, 0.15) is 17.7 Å². The first-order chi connectivity index (χ1) is 8.60. The summed E-state index contributed by atoms with van der Waals surface area (Å²) in [6.07, 6.45) is 1.27. The van der Waals surface area contributed by atoms with Crippen molar-refractivity contribution in [2.75, 3.05) is 6.61 Å². The van der Waals surface area contributed by atoms with Crippen molar-refractivity contribution in [3.05, 3.63) is 35.4 Å². The molecular weight excluding hydrogens is 240 g/mol. The maximum atomic E-state index is 13.1. The van der Waals surface area contributed by atoms with E-state index in [1.807, 2.05) is 0 Å². The highest BCUT2D eigenvalue weighted by atomic mass is 19.1. The summed E-state index contributed by atoms with van der Waals surface area (Å²) >= 11 is 0. The Bertz CT molecular complexity index is 430. The van der Waals surface area contributed by atoms with Gasteiger partial charge in [-0.3, -0.25) is 10.1 Å². The number of carbonyl (C=O) groups excluding carboxylic acids is 1. The molecule has 98 valence electrons. The zero-order valence-corrected chi connectivity index (χ0v) is 10.1. The van der Waals surface area contributed by atoms with Crippen molar-refractivity contribution in [1.29, 1.82) is 0 Å². The third kappa shape index (κ3) is 2.85. The molecule has 1 aliphatic rings. The molecular formula is C13H15F2NO2. The third-order valence-corrected chi connectivity index (χ3v) is 3.00. The van der Waals surface area contributed by atoms with Gasteiger partial charge in [0, 0.05) is 12.1 Å². The van der Waals surface area contributed by atoms with Crippen LogP contribution in [0, 0.1) is 11.6 Å². The highest BCUT2D eigenvalue weighted by Crippen LogP contribution is 2.28. The van der Waals surface area contributed by atoms with Gasteiger partial charge in [0.2, 0.25) is 0 Å².